The second-order valence-corrected chi connectivity index (χ2v) is 7.68. The van der Waals surface area contributed by atoms with Crippen LogP contribution in [0.3, 0.4) is 0 Å². The van der Waals surface area contributed by atoms with Gasteiger partial charge in [-0.15, -0.1) is 0 Å². The van der Waals surface area contributed by atoms with Crippen molar-refractivity contribution in [2.24, 2.45) is 5.92 Å². The first kappa shape index (κ1) is 25.0. The Morgan fingerprint density at radius 2 is 1.71 bits per heavy atom. The number of benzene rings is 2. The topological polar surface area (TPSA) is 86.3 Å². The molecule has 2 amide bonds. The van der Waals surface area contributed by atoms with Crippen molar-refractivity contribution in [3.63, 3.8) is 0 Å². The lowest BCUT2D eigenvalue weighted by Gasteiger charge is -2.20. The first-order valence-corrected chi connectivity index (χ1v) is 10.3. The summed E-state index contributed by atoms with van der Waals surface area (Å²) in [6.07, 6.45) is -4.60. The van der Waals surface area contributed by atoms with Crippen LogP contribution in [0.2, 0.25) is 0 Å². The van der Waals surface area contributed by atoms with Crippen LogP contribution in [0.15, 0.2) is 30.3 Å². The molecule has 1 atom stereocenters. The van der Waals surface area contributed by atoms with Crippen LogP contribution in [0.1, 0.15) is 12.0 Å². The number of methoxy groups -OCH3 is 3. The number of carbonyl (C=O) groups is 2. The molecule has 0 radical (unpaired) electrons. The van der Waals surface area contributed by atoms with E-state index in [-0.39, 0.29) is 30.3 Å². The van der Waals surface area contributed by atoms with Gasteiger partial charge in [0.25, 0.3) is 0 Å². The zero-order chi connectivity index (χ0) is 25.0. The van der Waals surface area contributed by atoms with E-state index in [4.69, 9.17) is 18.9 Å². The Morgan fingerprint density at radius 3 is 2.26 bits per heavy atom. The van der Waals surface area contributed by atoms with Gasteiger partial charge in [-0.1, -0.05) is 6.07 Å². The van der Waals surface area contributed by atoms with E-state index >= 15 is 0 Å². The zero-order valence-corrected chi connectivity index (χ0v) is 19.1. The lowest BCUT2D eigenvalue weighted by atomic mass is 10.1. The van der Waals surface area contributed by atoms with Gasteiger partial charge in [0, 0.05) is 25.1 Å². The van der Waals surface area contributed by atoms with E-state index in [1.807, 2.05) is 0 Å². The van der Waals surface area contributed by atoms with Crippen molar-refractivity contribution in [3.8, 4) is 23.0 Å². The highest BCUT2D eigenvalue weighted by molar-refractivity contribution is 6.04. The predicted octanol–water partition coefficient (Wildman–Crippen LogP) is 3.95. The fourth-order valence-electron chi connectivity index (χ4n) is 3.60. The highest BCUT2D eigenvalue weighted by Gasteiger charge is 2.36. The van der Waals surface area contributed by atoms with Crippen molar-refractivity contribution in [1.82, 2.24) is 0 Å². The summed E-state index contributed by atoms with van der Waals surface area (Å²) in [5.74, 6) is -0.580. The van der Waals surface area contributed by atoms with E-state index in [1.54, 1.807) is 25.1 Å². The van der Waals surface area contributed by atoms with E-state index in [1.165, 1.54) is 38.4 Å². The monoisotopic (exact) mass is 482 g/mol. The summed E-state index contributed by atoms with van der Waals surface area (Å²) >= 11 is 0. The molecule has 11 heteroatoms. The van der Waals surface area contributed by atoms with Crippen molar-refractivity contribution in [1.29, 1.82) is 0 Å². The van der Waals surface area contributed by atoms with Crippen molar-refractivity contribution in [2.75, 3.05) is 44.7 Å². The van der Waals surface area contributed by atoms with Gasteiger partial charge < -0.3 is 29.2 Å². The molecule has 1 N–H and O–H groups in total. The number of nitrogens with one attached hydrogen (secondary N) is 1. The second-order valence-electron chi connectivity index (χ2n) is 7.68. The Hall–Kier alpha value is -3.63. The quantitative estimate of drug-likeness (QED) is 0.613. The number of aryl methyl sites for hydroxylation is 1. The Kier molecular flexibility index (Phi) is 7.43. The number of alkyl halides is 3. The molecule has 2 aromatic rings. The summed E-state index contributed by atoms with van der Waals surface area (Å²) < 4.78 is 58.6. The molecule has 0 aromatic heterocycles. The average molecular weight is 482 g/mol. The molecule has 8 nitrogen and oxygen atoms in total. The molecular formula is C23H25F3N2O6. The van der Waals surface area contributed by atoms with Crippen molar-refractivity contribution >= 4 is 23.2 Å². The standard InChI is InChI=1S/C23H25F3N2O6/c1-13-5-6-16(17(7-13)34-12-23(24,25)26)27-22(30)14-8-20(29)28(11-14)15-9-18(31-2)21(33-4)19(10-15)32-3/h5-7,9-10,14H,8,11-12H2,1-4H3,(H,27,30). The summed E-state index contributed by atoms with van der Waals surface area (Å²) in [6, 6.07) is 7.71. The molecule has 1 unspecified atom stereocenters. The van der Waals surface area contributed by atoms with Gasteiger partial charge in [0.1, 0.15) is 5.75 Å². The van der Waals surface area contributed by atoms with Crippen molar-refractivity contribution in [2.45, 2.75) is 19.5 Å². The maximum atomic E-state index is 12.9. The third kappa shape index (κ3) is 5.64. The highest BCUT2D eigenvalue weighted by Crippen LogP contribution is 2.42. The van der Waals surface area contributed by atoms with Crippen LogP contribution in [0.25, 0.3) is 0 Å². The summed E-state index contributed by atoms with van der Waals surface area (Å²) in [5, 5.41) is 2.59. The number of carbonyl (C=O) groups excluding carboxylic acids is 2. The molecule has 184 valence electrons. The van der Waals surface area contributed by atoms with Gasteiger partial charge >= 0.3 is 6.18 Å². The first-order chi connectivity index (χ1) is 16.1. The normalized spacial score (nSPS) is 15.8. The lowest BCUT2D eigenvalue weighted by Crippen LogP contribution is -2.28. The number of ether oxygens (including phenoxy) is 4. The molecule has 0 saturated carbocycles. The van der Waals surface area contributed by atoms with E-state index in [0.29, 0.717) is 28.5 Å². The van der Waals surface area contributed by atoms with Crippen LogP contribution >= 0.6 is 0 Å². The van der Waals surface area contributed by atoms with Crippen molar-refractivity contribution < 1.29 is 41.7 Å². The molecule has 1 aliphatic rings. The minimum absolute atomic E-state index is 0.0634. The first-order valence-electron chi connectivity index (χ1n) is 10.3. The fraction of sp³-hybridized carbons (Fsp3) is 0.391. The van der Waals surface area contributed by atoms with Gasteiger partial charge in [0.2, 0.25) is 17.6 Å². The van der Waals surface area contributed by atoms with Crippen LogP contribution in [0.4, 0.5) is 24.5 Å². The number of hydrogen-bond donors (Lipinski definition) is 1. The Labute approximate surface area is 194 Å². The molecule has 3 rings (SSSR count). The van der Waals surface area contributed by atoms with E-state index < -0.39 is 24.6 Å². The summed E-state index contributed by atoms with van der Waals surface area (Å²) in [7, 11) is 4.35. The second kappa shape index (κ2) is 10.1. The maximum absolute atomic E-state index is 12.9. The summed E-state index contributed by atoms with van der Waals surface area (Å²) in [6.45, 7) is 0.265. The van der Waals surface area contributed by atoms with Gasteiger partial charge in [-0.2, -0.15) is 13.2 Å². The summed E-state index contributed by atoms with van der Waals surface area (Å²) in [5.41, 5.74) is 1.22. The van der Waals surface area contributed by atoms with Gasteiger partial charge in [-0.05, 0) is 24.6 Å². The van der Waals surface area contributed by atoms with Crippen molar-refractivity contribution in [3.05, 3.63) is 35.9 Å². The Balaban J connectivity index is 1.78. The number of anilines is 2. The molecule has 1 fully saturated rings. The van der Waals surface area contributed by atoms with E-state index in [9.17, 15) is 22.8 Å². The smallest absolute Gasteiger partial charge is 0.422 e. The van der Waals surface area contributed by atoms with Gasteiger partial charge in [0.15, 0.2) is 18.1 Å². The average Bonchev–Trinajstić information content (AvgIpc) is 3.19. The molecule has 2 aromatic carbocycles. The zero-order valence-electron chi connectivity index (χ0n) is 19.1. The number of rotatable bonds is 8. The molecule has 34 heavy (non-hydrogen) atoms. The maximum Gasteiger partial charge on any atom is 0.422 e. The van der Waals surface area contributed by atoms with Gasteiger partial charge in [0.05, 0.1) is 38.6 Å². The third-order valence-corrected chi connectivity index (χ3v) is 5.24. The van der Waals surface area contributed by atoms with Crippen LogP contribution in [0.5, 0.6) is 23.0 Å². The largest absolute Gasteiger partial charge is 0.493 e. The molecule has 0 spiro atoms. The molecule has 0 bridgehead atoms. The van der Waals surface area contributed by atoms with E-state index in [0.717, 1.165) is 0 Å². The third-order valence-electron chi connectivity index (χ3n) is 5.24. The van der Waals surface area contributed by atoms with E-state index in [2.05, 4.69) is 5.32 Å². The SMILES string of the molecule is COc1cc(N2CC(C(=O)Nc3ccc(C)cc3OCC(F)(F)F)CC2=O)cc(OC)c1OC. The van der Waals surface area contributed by atoms with Crippen LogP contribution in [0, 0.1) is 12.8 Å². The molecule has 0 aliphatic carbocycles. The van der Waals surface area contributed by atoms with Gasteiger partial charge in [-0.3, -0.25) is 9.59 Å². The van der Waals surface area contributed by atoms with Gasteiger partial charge in [-0.25, -0.2) is 0 Å². The lowest BCUT2D eigenvalue weighted by molar-refractivity contribution is -0.153. The molecule has 1 heterocycles. The Bertz CT molecular complexity index is 1050. The number of hydrogen-bond acceptors (Lipinski definition) is 6. The number of amides is 2. The highest BCUT2D eigenvalue weighted by atomic mass is 19.4. The molecule has 1 saturated heterocycles. The number of halogens is 3. The minimum Gasteiger partial charge on any atom is -0.493 e. The molecular weight excluding hydrogens is 457 g/mol. The fourth-order valence-corrected chi connectivity index (χ4v) is 3.60. The van der Waals surface area contributed by atoms with Crippen LogP contribution < -0.4 is 29.2 Å². The summed E-state index contributed by atoms with van der Waals surface area (Å²) in [4.78, 5) is 27.0. The van der Waals surface area contributed by atoms with Crippen LogP contribution in [-0.4, -0.2) is 52.5 Å². The van der Waals surface area contributed by atoms with Crippen LogP contribution in [-0.2, 0) is 9.59 Å². The Morgan fingerprint density at radius 1 is 1.06 bits per heavy atom. The molecule has 1 aliphatic heterocycles. The number of nitrogens with zero attached hydrogens (tertiary/aromatic N) is 1. The predicted molar refractivity (Wildman–Crippen MR) is 118 cm³/mol. The minimum atomic E-state index is -4.52.